The number of carbonyl (C=O) groups excluding carboxylic acids is 1. The smallest absolute Gasteiger partial charge is 0.416 e. The summed E-state index contributed by atoms with van der Waals surface area (Å²) in [5.74, 6) is -1.02. The second-order valence-corrected chi connectivity index (χ2v) is 10.3. The third-order valence-corrected chi connectivity index (χ3v) is 8.19. The van der Waals surface area contributed by atoms with Crippen molar-refractivity contribution in [3.05, 3.63) is 58.8 Å². The van der Waals surface area contributed by atoms with E-state index in [2.05, 4.69) is 25.9 Å². The summed E-state index contributed by atoms with van der Waals surface area (Å²) in [4.78, 5) is 26.1. The minimum absolute atomic E-state index is 0.0777. The molecule has 5 rings (SSSR count). The summed E-state index contributed by atoms with van der Waals surface area (Å²) in [6.45, 7) is -0.0905. The number of hydrogen-bond acceptors (Lipinski definition) is 10. The third-order valence-electron chi connectivity index (χ3n) is 5.84. The van der Waals surface area contributed by atoms with E-state index in [1.54, 1.807) is 12.1 Å². The van der Waals surface area contributed by atoms with Gasteiger partial charge in [0.05, 0.1) is 11.7 Å². The Morgan fingerprint density at radius 1 is 1.24 bits per heavy atom. The van der Waals surface area contributed by atoms with Gasteiger partial charge in [0.1, 0.15) is 22.1 Å². The van der Waals surface area contributed by atoms with Crippen LogP contribution in [-0.4, -0.2) is 81.7 Å². The first kappa shape index (κ1) is 25.4. The van der Waals surface area contributed by atoms with Crippen LogP contribution in [0.25, 0.3) is 5.65 Å². The number of nitrogens with zero attached hydrogens (tertiary/aromatic N) is 6. The number of aromatic nitrogens is 5. The third kappa shape index (κ3) is 5.01. The Labute approximate surface area is 215 Å². The lowest BCUT2D eigenvalue weighted by Crippen LogP contribution is -2.70. The van der Waals surface area contributed by atoms with E-state index in [1.165, 1.54) is 45.2 Å². The molecule has 2 aliphatic rings. The fourth-order valence-corrected chi connectivity index (χ4v) is 6.34. The Hall–Kier alpha value is -3.21. The van der Waals surface area contributed by atoms with Crippen LogP contribution in [0.3, 0.4) is 0 Å². The summed E-state index contributed by atoms with van der Waals surface area (Å²) in [5.41, 5.74) is 0.395. The number of benzene rings is 1. The summed E-state index contributed by atoms with van der Waals surface area (Å²) >= 11 is 2.68. The molecule has 37 heavy (non-hydrogen) atoms. The number of carbonyl (C=O) groups is 2. The zero-order valence-corrected chi connectivity index (χ0v) is 20.3. The molecule has 1 saturated heterocycles. The Balaban J connectivity index is 1.22. The topological polar surface area (TPSA) is 146 Å². The number of halogens is 3. The van der Waals surface area contributed by atoms with Gasteiger partial charge in [-0.05, 0) is 45.8 Å². The van der Waals surface area contributed by atoms with Gasteiger partial charge in [-0.3, -0.25) is 9.69 Å². The van der Waals surface area contributed by atoms with Gasteiger partial charge in [0.25, 0.3) is 0 Å². The number of hydrogen-bond donors (Lipinski definition) is 3. The molecule has 3 N–H and O–H groups in total. The molecule has 2 aromatic heterocycles. The number of amides is 1. The number of carboxylic acid groups (broad SMARTS) is 1. The van der Waals surface area contributed by atoms with E-state index in [-0.39, 0.29) is 23.6 Å². The van der Waals surface area contributed by atoms with Crippen molar-refractivity contribution in [3.63, 3.8) is 0 Å². The Morgan fingerprint density at radius 3 is 2.70 bits per heavy atom. The predicted octanol–water partition coefficient (Wildman–Crippen LogP) is 1.58. The number of nitrogens with one attached hydrogen (secondary N) is 1. The van der Waals surface area contributed by atoms with Gasteiger partial charge in [-0.1, -0.05) is 12.1 Å². The Bertz CT molecular complexity index is 1380. The van der Waals surface area contributed by atoms with Crippen molar-refractivity contribution in [2.24, 2.45) is 0 Å². The lowest BCUT2D eigenvalue weighted by molar-refractivity contribution is -0.149. The molecular formula is C21H18F3N7O4S2. The molecule has 3 aromatic rings. The van der Waals surface area contributed by atoms with Crippen LogP contribution in [-0.2, 0) is 15.8 Å². The zero-order valence-electron chi connectivity index (χ0n) is 18.7. The zero-order chi connectivity index (χ0) is 26.3. The van der Waals surface area contributed by atoms with Gasteiger partial charge < -0.3 is 15.5 Å². The average Bonchev–Trinajstić information content (AvgIpc) is 3.34. The van der Waals surface area contributed by atoms with Crippen molar-refractivity contribution in [1.29, 1.82) is 0 Å². The van der Waals surface area contributed by atoms with Crippen molar-refractivity contribution in [2.45, 2.75) is 28.7 Å². The minimum atomic E-state index is -4.48. The summed E-state index contributed by atoms with van der Waals surface area (Å²) < 4.78 is 39.5. The molecule has 0 bridgehead atoms. The molecular weight excluding hydrogens is 535 g/mol. The summed E-state index contributed by atoms with van der Waals surface area (Å²) in [7, 11) is 0. The van der Waals surface area contributed by atoms with E-state index < -0.39 is 41.1 Å². The van der Waals surface area contributed by atoms with Gasteiger partial charge >= 0.3 is 12.1 Å². The molecule has 16 heteroatoms. The normalized spacial score (nSPS) is 20.6. The van der Waals surface area contributed by atoms with Gasteiger partial charge in [-0.25, -0.2) is 4.79 Å². The first-order chi connectivity index (χ1) is 17.6. The van der Waals surface area contributed by atoms with E-state index >= 15 is 0 Å². The van der Waals surface area contributed by atoms with E-state index in [1.807, 2.05) is 0 Å². The molecule has 0 radical (unpaired) electrons. The molecule has 194 valence electrons. The largest absolute Gasteiger partial charge is 0.477 e. The summed E-state index contributed by atoms with van der Waals surface area (Å²) in [6.07, 6.45) is -5.63. The number of carboxylic acids is 1. The van der Waals surface area contributed by atoms with Crippen molar-refractivity contribution < 1.29 is 33.0 Å². The number of rotatable bonds is 8. The van der Waals surface area contributed by atoms with E-state index in [0.29, 0.717) is 22.0 Å². The standard InChI is InChI=1S/C21H18F3N7O4S2/c22-21(23,24)12-3-1-10(2-4-12)13(32)7-25-16-18(33)30-17(20(34)35)11(9-37-19(16)30)8-36-15-6-5-14-26-28-29-31(14)27-15/h1-6,13,16,19,25,32H,7-9H2,(H,34,35)/t13?,16?,19-/m0/s1. The van der Waals surface area contributed by atoms with E-state index in [4.69, 9.17) is 0 Å². The highest BCUT2D eigenvalue weighted by Gasteiger charge is 2.53. The van der Waals surface area contributed by atoms with Crippen LogP contribution in [0.4, 0.5) is 13.2 Å². The second kappa shape index (κ2) is 9.92. The van der Waals surface area contributed by atoms with Crippen LogP contribution in [0, 0.1) is 0 Å². The number of tetrazole rings is 1. The molecule has 1 aromatic carbocycles. The highest BCUT2D eigenvalue weighted by molar-refractivity contribution is 8.01. The number of β-lactam (4-membered cyclic amide) rings is 1. The number of thioether (sulfide) groups is 2. The number of aliphatic hydroxyl groups excluding tert-OH is 1. The fourth-order valence-electron chi connectivity index (χ4n) is 3.97. The van der Waals surface area contributed by atoms with Gasteiger partial charge in [0.15, 0.2) is 5.65 Å². The van der Waals surface area contributed by atoms with Crippen molar-refractivity contribution in [3.8, 4) is 0 Å². The highest BCUT2D eigenvalue weighted by Crippen LogP contribution is 2.41. The maximum absolute atomic E-state index is 12.9. The molecule has 3 atom stereocenters. The van der Waals surface area contributed by atoms with Crippen LogP contribution in [0.2, 0.25) is 0 Å². The van der Waals surface area contributed by atoms with Gasteiger partial charge in [-0.2, -0.15) is 13.2 Å². The van der Waals surface area contributed by atoms with Gasteiger partial charge in [0, 0.05) is 18.1 Å². The first-order valence-corrected chi connectivity index (χ1v) is 12.8. The van der Waals surface area contributed by atoms with Crippen molar-refractivity contribution >= 4 is 41.0 Å². The van der Waals surface area contributed by atoms with Crippen LogP contribution in [0.1, 0.15) is 17.2 Å². The van der Waals surface area contributed by atoms with Crippen molar-refractivity contribution in [2.75, 3.05) is 18.1 Å². The van der Waals surface area contributed by atoms with Crippen molar-refractivity contribution in [1.82, 2.24) is 35.5 Å². The minimum Gasteiger partial charge on any atom is -0.477 e. The van der Waals surface area contributed by atoms with Crippen LogP contribution in [0.5, 0.6) is 0 Å². The average molecular weight is 554 g/mol. The molecule has 11 nitrogen and oxygen atoms in total. The molecule has 1 amide bonds. The molecule has 4 heterocycles. The molecule has 0 spiro atoms. The summed E-state index contributed by atoms with van der Waals surface area (Å²) in [5, 5.41) is 38.5. The summed E-state index contributed by atoms with van der Waals surface area (Å²) in [6, 6.07) is 6.79. The van der Waals surface area contributed by atoms with E-state index in [0.717, 1.165) is 12.1 Å². The van der Waals surface area contributed by atoms with E-state index in [9.17, 15) is 33.0 Å². The van der Waals surface area contributed by atoms with Gasteiger partial charge in [0.2, 0.25) is 5.91 Å². The molecule has 2 aliphatic heterocycles. The molecule has 0 aliphatic carbocycles. The number of aliphatic hydroxyl groups is 1. The maximum atomic E-state index is 12.9. The number of fused-ring (bicyclic) bond motifs is 2. The first-order valence-electron chi connectivity index (χ1n) is 10.8. The second-order valence-electron chi connectivity index (χ2n) is 8.18. The monoisotopic (exact) mass is 553 g/mol. The Morgan fingerprint density at radius 2 is 2.00 bits per heavy atom. The number of alkyl halides is 3. The van der Waals surface area contributed by atoms with Crippen LogP contribution < -0.4 is 5.32 Å². The quantitative estimate of drug-likeness (QED) is 0.276. The maximum Gasteiger partial charge on any atom is 0.416 e. The van der Waals surface area contributed by atoms with Gasteiger partial charge in [-0.15, -0.1) is 38.4 Å². The predicted molar refractivity (Wildman–Crippen MR) is 125 cm³/mol. The highest BCUT2D eigenvalue weighted by atomic mass is 32.2. The SMILES string of the molecule is O=C(O)C1=C(CSc2ccc3nnnn3n2)CS[C@H]2C(NCC(O)c3ccc(C(F)(F)F)cc3)C(=O)N12. The number of aliphatic carboxylic acids is 1. The lowest BCUT2D eigenvalue weighted by Gasteiger charge is -2.49. The fraction of sp³-hybridized carbons (Fsp3) is 0.333. The molecule has 2 unspecified atom stereocenters. The lowest BCUT2D eigenvalue weighted by atomic mass is 10.0. The van der Waals surface area contributed by atoms with Crippen LogP contribution in [0.15, 0.2) is 52.7 Å². The molecule has 1 fully saturated rings. The Kier molecular flexibility index (Phi) is 6.82. The van der Waals surface area contributed by atoms with Crippen LogP contribution >= 0.6 is 23.5 Å². The molecule has 0 saturated carbocycles.